The molecule has 0 bridgehead atoms. The molecule has 6 nitrogen and oxygen atoms in total. The van der Waals surface area contributed by atoms with Gasteiger partial charge < -0.3 is 10.6 Å². The zero-order valence-corrected chi connectivity index (χ0v) is 13.0. The fraction of sp³-hybridized carbons (Fsp3) is 0.312. The van der Waals surface area contributed by atoms with E-state index in [-0.39, 0.29) is 11.8 Å². The minimum absolute atomic E-state index is 0.249. The largest absolute Gasteiger partial charge is 0.351 e. The van der Waals surface area contributed by atoms with Gasteiger partial charge in [0.15, 0.2) is 0 Å². The van der Waals surface area contributed by atoms with Gasteiger partial charge in [-0.25, -0.2) is 0 Å². The van der Waals surface area contributed by atoms with E-state index in [1.807, 2.05) is 26.0 Å². The van der Waals surface area contributed by atoms with E-state index in [0.717, 1.165) is 12.0 Å². The molecule has 0 saturated heterocycles. The number of hydrogen-bond donors (Lipinski definition) is 2. The molecule has 0 aliphatic rings. The topological polar surface area (TPSA) is 76.0 Å². The highest BCUT2D eigenvalue weighted by molar-refractivity contribution is 6.08. The van der Waals surface area contributed by atoms with E-state index in [9.17, 15) is 9.59 Å². The highest BCUT2D eigenvalue weighted by Gasteiger charge is 2.18. The van der Waals surface area contributed by atoms with Crippen LogP contribution in [0.1, 0.15) is 39.8 Å². The van der Waals surface area contributed by atoms with Crippen molar-refractivity contribution < 1.29 is 9.59 Å². The van der Waals surface area contributed by atoms with Crippen LogP contribution in [0.5, 0.6) is 0 Å². The predicted octanol–water partition coefficient (Wildman–Crippen LogP) is 2.12. The summed E-state index contributed by atoms with van der Waals surface area (Å²) in [5.74, 6) is -0.511. The summed E-state index contributed by atoms with van der Waals surface area (Å²) in [7, 11) is 1.67. The van der Waals surface area contributed by atoms with Gasteiger partial charge in [0, 0.05) is 19.2 Å². The fourth-order valence-electron chi connectivity index (χ4n) is 2.10. The van der Waals surface area contributed by atoms with Crippen LogP contribution in [0.3, 0.4) is 0 Å². The Morgan fingerprint density at radius 2 is 2.05 bits per heavy atom. The maximum atomic E-state index is 12.3. The molecule has 2 amide bonds. The standard InChI is InChI=1S/C16H20N4O2/c1-4-8-17-16(22)14-13(10-18-20(14)3)19-15(21)12-7-5-6-11(2)9-12/h5-7,9-10H,4,8H2,1-3H3,(H,17,22)(H,19,21). The van der Waals surface area contributed by atoms with Crippen LogP contribution in [0.15, 0.2) is 30.5 Å². The molecule has 0 fully saturated rings. The highest BCUT2D eigenvalue weighted by Crippen LogP contribution is 2.16. The van der Waals surface area contributed by atoms with Crippen molar-refractivity contribution in [2.24, 2.45) is 7.05 Å². The lowest BCUT2D eigenvalue weighted by Crippen LogP contribution is -2.27. The van der Waals surface area contributed by atoms with E-state index in [4.69, 9.17) is 0 Å². The van der Waals surface area contributed by atoms with Gasteiger partial charge in [-0.1, -0.05) is 24.6 Å². The van der Waals surface area contributed by atoms with Crippen molar-refractivity contribution in [1.29, 1.82) is 0 Å². The third kappa shape index (κ3) is 3.52. The number of anilines is 1. The number of rotatable bonds is 5. The second kappa shape index (κ2) is 6.89. The third-order valence-electron chi connectivity index (χ3n) is 3.22. The molecule has 0 saturated carbocycles. The van der Waals surface area contributed by atoms with Gasteiger partial charge >= 0.3 is 0 Å². The minimum Gasteiger partial charge on any atom is -0.351 e. The van der Waals surface area contributed by atoms with Crippen molar-refractivity contribution in [3.63, 3.8) is 0 Å². The Kier molecular flexibility index (Phi) is 4.93. The first-order chi connectivity index (χ1) is 10.5. The number of aryl methyl sites for hydroxylation is 2. The molecule has 116 valence electrons. The zero-order valence-electron chi connectivity index (χ0n) is 13.0. The zero-order chi connectivity index (χ0) is 16.1. The monoisotopic (exact) mass is 300 g/mol. The van der Waals surface area contributed by atoms with E-state index in [1.54, 1.807) is 19.2 Å². The number of hydrogen-bond acceptors (Lipinski definition) is 3. The molecule has 0 atom stereocenters. The third-order valence-corrected chi connectivity index (χ3v) is 3.22. The van der Waals surface area contributed by atoms with Crippen molar-refractivity contribution in [1.82, 2.24) is 15.1 Å². The summed E-state index contributed by atoms with van der Waals surface area (Å²) in [4.78, 5) is 24.4. The van der Waals surface area contributed by atoms with Crippen molar-refractivity contribution in [3.05, 3.63) is 47.3 Å². The summed E-state index contributed by atoms with van der Waals surface area (Å²) >= 11 is 0. The molecule has 0 spiro atoms. The molecule has 22 heavy (non-hydrogen) atoms. The minimum atomic E-state index is -0.263. The van der Waals surface area contributed by atoms with Crippen LogP contribution in [0.25, 0.3) is 0 Å². The Balaban J connectivity index is 2.20. The Hall–Kier alpha value is -2.63. The summed E-state index contributed by atoms with van der Waals surface area (Å²) in [6.45, 7) is 4.48. The normalized spacial score (nSPS) is 10.3. The summed E-state index contributed by atoms with van der Waals surface area (Å²) < 4.78 is 1.46. The van der Waals surface area contributed by atoms with Crippen molar-refractivity contribution in [3.8, 4) is 0 Å². The van der Waals surface area contributed by atoms with Crippen LogP contribution in [0.4, 0.5) is 5.69 Å². The van der Waals surface area contributed by atoms with Crippen LogP contribution in [0, 0.1) is 6.92 Å². The lowest BCUT2D eigenvalue weighted by molar-refractivity contribution is 0.0945. The van der Waals surface area contributed by atoms with Crippen LogP contribution in [-0.2, 0) is 7.05 Å². The molecular formula is C16H20N4O2. The number of carbonyl (C=O) groups is 2. The molecule has 1 heterocycles. The van der Waals surface area contributed by atoms with E-state index < -0.39 is 0 Å². The molecule has 1 aromatic heterocycles. The lowest BCUT2D eigenvalue weighted by Gasteiger charge is -2.08. The number of nitrogens with zero attached hydrogens (tertiary/aromatic N) is 2. The van der Waals surface area contributed by atoms with Gasteiger partial charge in [-0.2, -0.15) is 5.10 Å². The molecule has 2 rings (SSSR count). The second-order valence-corrected chi connectivity index (χ2v) is 5.11. The van der Waals surface area contributed by atoms with Crippen LogP contribution in [-0.4, -0.2) is 28.1 Å². The number of nitrogens with one attached hydrogen (secondary N) is 2. The average molecular weight is 300 g/mol. The number of amides is 2. The van der Waals surface area contributed by atoms with Crippen molar-refractivity contribution in [2.45, 2.75) is 20.3 Å². The molecule has 0 aliphatic heterocycles. The van der Waals surface area contributed by atoms with Crippen LogP contribution < -0.4 is 10.6 Å². The molecular weight excluding hydrogens is 280 g/mol. The fourth-order valence-corrected chi connectivity index (χ4v) is 2.10. The number of carbonyl (C=O) groups excluding carboxylic acids is 2. The first kappa shape index (κ1) is 15.8. The van der Waals surface area contributed by atoms with E-state index in [0.29, 0.717) is 23.5 Å². The average Bonchev–Trinajstić information content (AvgIpc) is 2.85. The SMILES string of the molecule is CCCNC(=O)c1c(NC(=O)c2cccc(C)c2)cnn1C. The van der Waals surface area contributed by atoms with E-state index in [1.165, 1.54) is 10.9 Å². The van der Waals surface area contributed by atoms with Crippen LogP contribution >= 0.6 is 0 Å². The predicted molar refractivity (Wildman–Crippen MR) is 85.0 cm³/mol. The van der Waals surface area contributed by atoms with Gasteiger partial charge in [0.25, 0.3) is 11.8 Å². The van der Waals surface area contributed by atoms with Crippen LogP contribution in [0.2, 0.25) is 0 Å². The van der Waals surface area contributed by atoms with Gasteiger partial charge in [0.1, 0.15) is 5.69 Å². The second-order valence-electron chi connectivity index (χ2n) is 5.11. The number of aromatic nitrogens is 2. The quantitative estimate of drug-likeness (QED) is 0.888. The van der Waals surface area contributed by atoms with Gasteiger partial charge in [-0.15, -0.1) is 0 Å². The first-order valence-electron chi connectivity index (χ1n) is 7.21. The van der Waals surface area contributed by atoms with Gasteiger partial charge in [-0.05, 0) is 25.5 Å². The molecule has 0 unspecified atom stereocenters. The summed E-state index contributed by atoms with van der Waals surface area (Å²) in [6, 6.07) is 7.27. The van der Waals surface area contributed by atoms with E-state index >= 15 is 0 Å². The van der Waals surface area contributed by atoms with Crippen molar-refractivity contribution in [2.75, 3.05) is 11.9 Å². The maximum absolute atomic E-state index is 12.3. The summed E-state index contributed by atoms with van der Waals surface area (Å²) in [5.41, 5.74) is 2.29. The molecule has 0 aliphatic carbocycles. The summed E-state index contributed by atoms with van der Waals surface area (Å²) in [6.07, 6.45) is 2.32. The Morgan fingerprint density at radius 3 is 2.73 bits per heavy atom. The van der Waals surface area contributed by atoms with Crippen molar-refractivity contribution >= 4 is 17.5 Å². The lowest BCUT2D eigenvalue weighted by atomic mass is 10.1. The summed E-state index contributed by atoms with van der Waals surface area (Å²) in [5, 5.41) is 9.59. The smallest absolute Gasteiger partial charge is 0.271 e. The molecule has 2 N–H and O–H groups in total. The Morgan fingerprint density at radius 1 is 1.27 bits per heavy atom. The molecule has 1 aromatic carbocycles. The maximum Gasteiger partial charge on any atom is 0.271 e. The molecule has 0 radical (unpaired) electrons. The number of benzene rings is 1. The van der Waals surface area contributed by atoms with Gasteiger partial charge in [-0.3, -0.25) is 14.3 Å². The molecule has 6 heteroatoms. The molecule has 2 aromatic rings. The first-order valence-corrected chi connectivity index (χ1v) is 7.21. The Bertz CT molecular complexity index is 691. The van der Waals surface area contributed by atoms with Gasteiger partial charge in [0.05, 0.1) is 11.9 Å². The highest BCUT2D eigenvalue weighted by atomic mass is 16.2. The Labute approximate surface area is 129 Å². The van der Waals surface area contributed by atoms with Gasteiger partial charge in [0.2, 0.25) is 0 Å². The van der Waals surface area contributed by atoms with E-state index in [2.05, 4.69) is 15.7 Å².